The number of ether oxygens (including phenoxy) is 6. The summed E-state index contributed by atoms with van der Waals surface area (Å²) in [6.07, 6.45) is -6.24. The van der Waals surface area contributed by atoms with E-state index in [9.17, 15) is 34.5 Å². The molecule has 272 valence electrons. The summed E-state index contributed by atoms with van der Waals surface area (Å²) < 4.78 is 36.8. The zero-order chi connectivity index (χ0) is 35.5. The van der Waals surface area contributed by atoms with Gasteiger partial charge in [-0.25, -0.2) is 9.59 Å². The van der Waals surface area contributed by atoms with Crippen LogP contribution in [0.4, 0.5) is 4.79 Å². The lowest BCUT2D eigenvalue weighted by atomic mass is 9.41. The molecule has 0 bridgehead atoms. The lowest BCUT2D eigenvalue weighted by Gasteiger charge is -2.66. The summed E-state index contributed by atoms with van der Waals surface area (Å²) in [6.45, 7) is 13.5. The third-order valence-corrected chi connectivity index (χ3v) is 15.2. The predicted octanol–water partition coefficient (Wildman–Crippen LogP) is 1.06. The number of hydrogen-bond donors (Lipinski definition) is 4. The maximum atomic E-state index is 13.3. The van der Waals surface area contributed by atoms with Crippen LogP contribution in [0, 0.1) is 57.7 Å². The van der Waals surface area contributed by atoms with Crippen LogP contribution in [0.2, 0.25) is 0 Å². The van der Waals surface area contributed by atoms with Crippen molar-refractivity contribution in [1.82, 2.24) is 5.32 Å². The van der Waals surface area contributed by atoms with E-state index in [1.165, 1.54) is 20.8 Å². The van der Waals surface area contributed by atoms with Crippen LogP contribution in [0.1, 0.15) is 68.2 Å². The summed E-state index contributed by atoms with van der Waals surface area (Å²) in [5.74, 6) is -7.86. The van der Waals surface area contributed by atoms with Crippen molar-refractivity contribution in [2.75, 3.05) is 6.54 Å². The van der Waals surface area contributed by atoms with E-state index >= 15 is 0 Å². The first-order valence-corrected chi connectivity index (χ1v) is 17.8. The minimum atomic E-state index is -2.06. The summed E-state index contributed by atoms with van der Waals surface area (Å²) in [4.78, 5) is 52.7. The van der Waals surface area contributed by atoms with Crippen molar-refractivity contribution in [3.05, 3.63) is 0 Å². The Morgan fingerprint density at radius 3 is 2.24 bits per heavy atom. The van der Waals surface area contributed by atoms with Crippen LogP contribution in [-0.4, -0.2) is 106 Å². The number of rotatable bonds is 4. The normalized spacial score (nSPS) is 58.5. The average Bonchev–Trinajstić information content (AvgIpc) is 3.91. The fraction of sp³-hybridized carbons (Fsp3) is 0.886. The van der Waals surface area contributed by atoms with Gasteiger partial charge in [0.1, 0.15) is 30.5 Å². The van der Waals surface area contributed by atoms with Gasteiger partial charge in [-0.1, -0.05) is 20.8 Å². The zero-order valence-electron chi connectivity index (χ0n) is 29.2. The minimum absolute atomic E-state index is 0.161. The van der Waals surface area contributed by atoms with Gasteiger partial charge in [0.05, 0.1) is 23.7 Å². The molecule has 1 amide bonds. The van der Waals surface area contributed by atoms with Crippen LogP contribution in [0.3, 0.4) is 0 Å². The third kappa shape index (κ3) is 3.80. The van der Waals surface area contributed by atoms with Crippen molar-refractivity contribution in [2.24, 2.45) is 57.7 Å². The van der Waals surface area contributed by atoms with Gasteiger partial charge in [0, 0.05) is 54.9 Å². The van der Waals surface area contributed by atoms with Crippen LogP contribution in [0.15, 0.2) is 0 Å². The minimum Gasteiger partial charge on any atom is -0.458 e. The predicted molar refractivity (Wildman–Crippen MR) is 164 cm³/mol. The molecule has 3 heterocycles. The number of esters is 3. The van der Waals surface area contributed by atoms with Gasteiger partial charge in [-0.2, -0.15) is 0 Å². The molecule has 0 aromatic carbocycles. The van der Waals surface area contributed by atoms with Gasteiger partial charge < -0.3 is 49.1 Å². The second kappa shape index (κ2) is 10.1. The Morgan fingerprint density at radius 2 is 1.61 bits per heavy atom. The first kappa shape index (κ1) is 33.6. The Kier molecular flexibility index (Phi) is 6.92. The van der Waals surface area contributed by atoms with Crippen molar-refractivity contribution in [2.45, 2.75) is 128 Å². The summed E-state index contributed by atoms with van der Waals surface area (Å²) in [5, 5.41) is 39.7. The van der Waals surface area contributed by atoms with Crippen molar-refractivity contribution in [1.29, 1.82) is 0 Å². The lowest BCUT2D eigenvalue weighted by Crippen LogP contribution is -2.73. The molecule has 8 fully saturated rings. The molecule has 0 radical (unpaired) electrons. The van der Waals surface area contributed by atoms with E-state index in [2.05, 4.69) is 5.32 Å². The quantitative estimate of drug-likeness (QED) is 0.185. The fourth-order valence-electron chi connectivity index (χ4n) is 13.2. The van der Waals surface area contributed by atoms with E-state index in [1.54, 1.807) is 13.8 Å². The molecule has 3 saturated heterocycles. The van der Waals surface area contributed by atoms with Gasteiger partial charge in [0.2, 0.25) is 5.79 Å². The number of aliphatic hydroxyl groups is 3. The summed E-state index contributed by atoms with van der Waals surface area (Å²) in [6, 6.07) is 0. The second-order valence-corrected chi connectivity index (χ2v) is 17.0. The molecule has 8 aliphatic rings. The first-order chi connectivity index (χ1) is 22.8. The number of hydrogen-bond acceptors (Lipinski definition) is 13. The van der Waals surface area contributed by atoms with Crippen LogP contribution < -0.4 is 5.32 Å². The topological polar surface area (TPSA) is 203 Å². The lowest BCUT2D eigenvalue weighted by molar-refractivity contribution is -0.279. The van der Waals surface area contributed by atoms with E-state index in [4.69, 9.17) is 28.4 Å². The van der Waals surface area contributed by atoms with Gasteiger partial charge >= 0.3 is 24.0 Å². The number of carbonyl (C=O) groups excluding carboxylic acids is 4. The second-order valence-electron chi connectivity index (χ2n) is 17.0. The maximum Gasteiger partial charge on any atom is 0.407 e. The van der Waals surface area contributed by atoms with E-state index in [-0.39, 0.29) is 17.9 Å². The number of epoxide rings is 2. The first-order valence-electron chi connectivity index (χ1n) is 17.8. The van der Waals surface area contributed by atoms with Gasteiger partial charge in [0.15, 0.2) is 5.60 Å². The summed E-state index contributed by atoms with van der Waals surface area (Å²) in [7, 11) is 0. The standard InChI is InChI=1S/C35H49NO13/c1-9-36-30(42)47-16-10-15-11-17-24(46-17)26(40)31(15,5)21-18(16)20-23(39)22-19(32(20,6)28(45-14(4)38)25(21)44-13(3)37)12(2)27-35(48-27)33(22,7)34(8,43)29(41)49-35/h12,15-28,39-40,43H,9-11H2,1-8H3,(H,36,42)/t12-,15-,16-,17-,18?,19-,20+,21?,22-,23+,24-,25-,26-,27+,28-,31-,32+,33-,34+,35-/m0/s1. The van der Waals surface area contributed by atoms with Crippen molar-refractivity contribution >= 4 is 24.0 Å². The molecule has 0 aromatic heterocycles. The van der Waals surface area contributed by atoms with Gasteiger partial charge in [-0.15, -0.1) is 0 Å². The molecule has 5 saturated carbocycles. The number of carbonyl (C=O) groups is 4. The highest BCUT2D eigenvalue weighted by molar-refractivity contribution is 5.84. The van der Waals surface area contributed by atoms with Crippen LogP contribution in [0.5, 0.6) is 0 Å². The van der Waals surface area contributed by atoms with Crippen LogP contribution >= 0.6 is 0 Å². The molecule has 3 aliphatic heterocycles. The molecular formula is C35H49NO13. The molecule has 8 rings (SSSR count). The SMILES string of the molecule is CCNC(=O)O[C@H]1C[C@H]2C[C@@H]3O[C@@H]3[C@H](O)[C@]2(C)C2C1[C@@H]1[C@@H](O)[C@@H]3[C@H]([C@H](C)[C@H]4O[C@]45OC(=O)[C@@](C)(O)[C@]35C)[C@@]1(C)[C@@H](OC(C)=O)[C@H]2OC(C)=O. The smallest absolute Gasteiger partial charge is 0.407 e. The molecule has 14 nitrogen and oxygen atoms in total. The van der Waals surface area contributed by atoms with E-state index < -0.39 is 124 Å². The largest absolute Gasteiger partial charge is 0.458 e. The molecule has 49 heavy (non-hydrogen) atoms. The number of nitrogens with one attached hydrogen (secondary N) is 1. The Balaban J connectivity index is 1.37. The third-order valence-electron chi connectivity index (χ3n) is 15.2. The molecule has 1 spiro atoms. The van der Waals surface area contributed by atoms with Crippen LogP contribution in [0.25, 0.3) is 0 Å². The van der Waals surface area contributed by atoms with Gasteiger partial charge in [-0.3, -0.25) is 9.59 Å². The summed E-state index contributed by atoms with van der Waals surface area (Å²) in [5.41, 5.74) is -5.65. The molecular weight excluding hydrogens is 642 g/mol. The van der Waals surface area contributed by atoms with Crippen molar-refractivity contribution in [3.8, 4) is 0 Å². The Labute approximate surface area is 284 Å². The zero-order valence-corrected chi connectivity index (χ0v) is 29.2. The fourth-order valence-corrected chi connectivity index (χ4v) is 13.2. The van der Waals surface area contributed by atoms with Crippen molar-refractivity contribution in [3.63, 3.8) is 0 Å². The molecule has 2 unspecified atom stereocenters. The molecule has 5 aliphatic carbocycles. The monoisotopic (exact) mass is 691 g/mol. The highest BCUT2D eigenvalue weighted by Crippen LogP contribution is 2.80. The highest BCUT2D eigenvalue weighted by Gasteiger charge is 2.93. The average molecular weight is 692 g/mol. The van der Waals surface area contributed by atoms with Gasteiger partial charge in [-0.05, 0) is 51.4 Å². The molecule has 0 aromatic rings. The Morgan fingerprint density at radius 1 is 0.939 bits per heavy atom. The van der Waals surface area contributed by atoms with Crippen molar-refractivity contribution < 1.29 is 62.9 Å². The number of alkyl carbamates (subject to hydrolysis) is 1. The molecule has 4 N–H and O–H groups in total. The Hall–Kier alpha value is -2.52. The maximum absolute atomic E-state index is 13.3. The highest BCUT2D eigenvalue weighted by atomic mass is 16.8. The number of fused-ring (bicyclic) bond motifs is 9. The van der Waals surface area contributed by atoms with E-state index in [0.717, 1.165) is 0 Å². The van der Waals surface area contributed by atoms with E-state index in [1.807, 2.05) is 20.8 Å². The van der Waals surface area contributed by atoms with Crippen LogP contribution in [-0.2, 0) is 42.8 Å². The summed E-state index contributed by atoms with van der Waals surface area (Å²) >= 11 is 0. The Bertz CT molecular complexity index is 1500. The van der Waals surface area contributed by atoms with Gasteiger partial charge in [0.25, 0.3) is 0 Å². The number of amides is 1. The molecule has 14 heteroatoms. The number of aliphatic hydroxyl groups excluding tert-OH is 2. The molecule has 20 atom stereocenters. The van der Waals surface area contributed by atoms with E-state index in [0.29, 0.717) is 19.4 Å².